The molecule has 296 valence electrons. The molecule has 0 saturated heterocycles. The van der Waals surface area contributed by atoms with E-state index in [1.807, 2.05) is 24.3 Å². The number of aliphatic hydroxyl groups is 1. The molecule has 0 rings (SSSR count). The Bertz CT molecular complexity index is 986. The number of rotatable bonds is 36. The summed E-state index contributed by atoms with van der Waals surface area (Å²) in [7, 11) is -4.77. The van der Waals surface area contributed by atoms with E-state index in [0.717, 1.165) is 57.8 Å². The minimum Gasteiger partial charge on any atom is -0.462 e. The second-order valence-electron chi connectivity index (χ2n) is 13.4. The van der Waals surface area contributed by atoms with Crippen molar-refractivity contribution in [2.45, 2.75) is 187 Å². The third-order valence-corrected chi connectivity index (χ3v) is 8.91. The van der Waals surface area contributed by atoms with Gasteiger partial charge in [-0.2, -0.15) is 0 Å². The van der Waals surface area contributed by atoms with Crippen molar-refractivity contribution in [1.82, 2.24) is 0 Å². The van der Waals surface area contributed by atoms with E-state index in [-0.39, 0.29) is 25.6 Å². The third kappa shape index (κ3) is 39.0. The summed E-state index contributed by atoms with van der Waals surface area (Å²) in [6, 6.07) is 0. The molecule has 3 N–H and O–H groups in total. The second-order valence-corrected chi connectivity index (χ2v) is 14.7. The molecule has 0 spiro atoms. The first-order valence-corrected chi connectivity index (χ1v) is 21.6. The van der Waals surface area contributed by atoms with E-state index in [9.17, 15) is 19.3 Å². The summed E-state index contributed by atoms with van der Waals surface area (Å²) < 4.78 is 26.3. The van der Waals surface area contributed by atoms with Gasteiger partial charge in [0.1, 0.15) is 6.61 Å². The van der Waals surface area contributed by atoms with Crippen molar-refractivity contribution < 1.29 is 43.0 Å². The molecule has 0 amide bonds. The van der Waals surface area contributed by atoms with Crippen LogP contribution in [-0.4, -0.2) is 52.3 Å². The molecule has 9 nitrogen and oxygen atoms in total. The van der Waals surface area contributed by atoms with Gasteiger partial charge in [-0.25, -0.2) is 4.57 Å². The van der Waals surface area contributed by atoms with Crippen molar-refractivity contribution in [3.8, 4) is 0 Å². The number of phosphoric ester groups is 1. The van der Waals surface area contributed by atoms with Crippen LogP contribution < -0.4 is 0 Å². The highest BCUT2D eigenvalue weighted by Crippen LogP contribution is 2.36. The van der Waals surface area contributed by atoms with Gasteiger partial charge in [0.05, 0.1) is 12.7 Å². The Hall–Kier alpha value is -2.03. The Morgan fingerprint density at radius 1 is 0.588 bits per heavy atom. The molecule has 0 unspecified atom stereocenters. The molecule has 0 aromatic rings. The first-order valence-electron chi connectivity index (χ1n) is 20.0. The quantitative estimate of drug-likeness (QED) is 0.0248. The monoisotopic (exact) mass is 740 g/mol. The van der Waals surface area contributed by atoms with Crippen molar-refractivity contribution >= 4 is 19.8 Å². The molecule has 0 aliphatic carbocycles. The summed E-state index contributed by atoms with van der Waals surface area (Å²) >= 11 is 0. The van der Waals surface area contributed by atoms with Crippen molar-refractivity contribution in [2.24, 2.45) is 0 Å². The number of allylic oxidation sites excluding steroid dienone is 7. The molecule has 0 bridgehead atoms. The summed E-state index contributed by atoms with van der Waals surface area (Å²) in [5.74, 6) is -0.971. The Morgan fingerprint density at radius 3 is 1.59 bits per heavy atom. The van der Waals surface area contributed by atoms with Gasteiger partial charge in [-0.3, -0.25) is 14.1 Å². The zero-order chi connectivity index (χ0) is 37.7. The van der Waals surface area contributed by atoms with Gasteiger partial charge in [-0.05, 0) is 44.9 Å². The maximum absolute atomic E-state index is 12.4. The SMILES string of the molecule is CCCCCCCCCCCCCCCCCC(=O)O[C@H](COC(=O)CCC/C=C\C/C=C\C/C=C\C/C=C\[C@@H](O)CCCC)COP(=O)(O)O. The van der Waals surface area contributed by atoms with Gasteiger partial charge in [0.25, 0.3) is 0 Å². The lowest BCUT2D eigenvalue weighted by Crippen LogP contribution is -2.29. The number of phosphoric acid groups is 1. The number of hydrogen-bond donors (Lipinski definition) is 3. The van der Waals surface area contributed by atoms with Crippen molar-refractivity contribution in [3.05, 3.63) is 48.6 Å². The van der Waals surface area contributed by atoms with E-state index in [0.29, 0.717) is 19.3 Å². The average Bonchev–Trinajstić information content (AvgIpc) is 3.09. The minimum atomic E-state index is -4.77. The van der Waals surface area contributed by atoms with Crippen LogP contribution in [0.1, 0.15) is 174 Å². The molecule has 0 aliphatic heterocycles. The molecule has 0 heterocycles. The van der Waals surface area contributed by atoms with E-state index in [2.05, 4.69) is 42.7 Å². The summed E-state index contributed by atoms with van der Waals surface area (Å²) in [5.41, 5.74) is 0. The standard InChI is InChI=1S/C41H73O9P/c1-3-5-7-8-9-10-11-12-13-14-19-22-25-28-31-35-41(44)50-39(37-49-51(45,46)47)36-48-40(43)34-30-27-24-21-18-16-15-17-20-23-26-29-33-38(42)32-6-4-2/h15-16,20-21,23-24,29,33,38-39,42H,3-14,17-19,22,25-28,30-32,34-37H2,1-2H3,(H2,45,46,47)/b16-15-,23-20-,24-21-,33-29-/t38-,39+/m0/s1. The van der Waals surface area contributed by atoms with Gasteiger partial charge >= 0.3 is 19.8 Å². The molecule has 10 heteroatoms. The molecular formula is C41H73O9P. The van der Waals surface area contributed by atoms with Crippen LogP contribution in [0.4, 0.5) is 0 Å². The van der Waals surface area contributed by atoms with Crippen LogP contribution in [0, 0.1) is 0 Å². The van der Waals surface area contributed by atoms with Crippen molar-refractivity contribution in [3.63, 3.8) is 0 Å². The number of aliphatic hydroxyl groups excluding tert-OH is 1. The van der Waals surface area contributed by atoms with Crippen LogP contribution >= 0.6 is 7.82 Å². The molecule has 0 radical (unpaired) electrons. The van der Waals surface area contributed by atoms with Crippen molar-refractivity contribution in [1.29, 1.82) is 0 Å². The molecule has 0 fully saturated rings. The molecule has 0 aromatic carbocycles. The van der Waals surface area contributed by atoms with Crippen LogP contribution in [0.2, 0.25) is 0 Å². The predicted octanol–water partition coefficient (Wildman–Crippen LogP) is 10.9. The normalized spacial score (nSPS) is 13.6. The maximum Gasteiger partial charge on any atom is 0.469 e. The highest BCUT2D eigenvalue weighted by molar-refractivity contribution is 7.46. The average molecular weight is 741 g/mol. The predicted molar refractivity (Wildman–Crippen MR) is 208 cm³/mol. The molecule has 0 saturated carbocycles. The van der Waals surface area contributed by atoms with E-state index >= 15 is 0 Å². The van der Waals surface area contributed by atoms with Crippen LogP contribution in [0.5, 0.6) is 0 Å². The zero-order valence-corrected chi connectivity index (χ0v) is 33.0. The Balaban J connectivity index is 4.06. The molecule has 0 aromatic heterocycles. The van der Waals surface area contributed by atoms with Crippen LogP contribution in [0.3, 0.4) is 0 Å². The van der Waals surface area contributed by atoms with Crippen LogP contribution in [0.15, 0.2) is 48.6 Å². The highest BCUT2D eigenvalue weighted by Gasteiger charge is 2.22. The second kappa shape index (κ2) is 36.3. The molecular weight excluding hydrogens is 667 g/mol. The van der Waals surface area contributed by atoms with Crippen LogP contribution in [0.25, 0.3) is 0 Å². The minimum absolute atomic E-state index is 0.175. The Kier molecular flexibility index (Phi) is 34.9. The van der Waals surface area contributed by atoms with Gasteiger partial charge in [0.15, 0.2) is 6.10 Å². The lowest BCUT2D eigenvalue weighted by molar-refractivity contribution is -0.161. The Morgan fingerprint density at radius 2 is 1.06 bits per heavy atom. The van der Waals surface area contributed by atoms with E-state index < -0.39 is 32.5 Å². The highest BCUT2D eigenvalue weighted by atomic mass is 31.2. The number of unbranched alkanes of at least 4 members (excludes halogenated alkanes) is 16. The molecule has 51 heavy (non-hydrogen) atoms. The summed E-state index contributed by atoms with van der Waals surface area (Å²) in [6.45, 7) is 3.48. The van der Waals surface area contributed by atoms with Gasteiger partial charge in [-0.15, -0.1) is 0 Å². The van der Waals surface area contributed by atoms with Gasteiger partial charge in [0, 0.05) is 12.8 Å². The number of hydrogen-bond acceptors (Lipinski definition) is 7. The van der Waals surface area contributed by atoms with Crippen LogP contribution in [-0.2, 0) is 28.2 Å². The third-order valence-electron chi connectivity index (χ3n) is 8.42. The number of esters is 2. The van der Waals surface area contributed by atoms with Gasteiger partial charge < -0.3 is 24.4 Å². The number of carbonyl (C=O) groups excluding carboxylic acids is 2. The smallest absolute Gasteiger partial charge is 0.462 e. The first-order chi connectivity index (χ1) is 24.7. The topological polar surface area (TPSA) is 140 Å². The number of carbonyl (C=O) groups is 2. The lowest BCUT2D eigenvalue weighted by atomic mass is 10.0. The largest absolute Gasteiger partial charge is 0.469 e. The number of ether oxygens (including phenoxy) is 2. The first kappa shape index (κ1) is 49.0. The lowest BCUT2D eigenvalue weighted by Gasteiger charge is -2.18. The van der Waals surface area contributed by atoms with E-state index in [1.165, 1.54) is 70.6 Å². The fourth-order valence-corrected chi connectivity index (χ4v) is 5.74. The van der Waals surface area contributed by atoms with Crippen molar-refractivity contribution in [2.75, 3.05) is 13.2 Å². The fraction of sp³-hybridized carbons (Fsp3) is 0.756. The van der Waals surface area contributed by atoms with E-state index in [4.69, 9.17) is 19.3 Å². The zero-order valence-electron chi connectivity index (χ0n) is 32.1. The summed E-state index contributed by atoms with van der Waals surface area (Å²) in [5, 5.41) is 9.78. The fourth-order valence-electron chi connectivity index (χ4n) is 5.38. The maximum atomic E-state index is 12.4. The summed E-state index contributed by atoms with van der Waals surface area (Å²) in [6.07, 6.45) is 40.3. The molecule has 0 aliphatic rings. The van der Waals surface area contributed by atoms with Gasteiger partial charge in [0.2, 0.25) is 0 Å². The summed E-state index contributed by atoms with van der Waals surface area (Å²) in [4.78, 5) is 42.7. The molecule has 2 atom stereocenters. The van der Waals surface area contributed by atoms with E-state index in [1.54, 1.807) is 0 Å². The Labute approximate surface area is 310 Å². The van der Waals surface area contributed by atoms with Gasteiger partial charge in [-0.1, -0.05) is 165 Å².